The lowest BCUT2D eigenvalue weighted by atomic mass is 9.80. The molecule has 0 nitrogen and oxygen atoms in total. The Kier molecular flexibility index (Phi) is 3.27. The molecule has 0 radical (unpaired) electrons. The van der Waals surface area contributed by atoms with Crippen LogP contribution in [0.5, 0.6) is 0 Å². The van der Waals surface area contributed by atoms with Crippen LogP contribution in [-0.4, -0.2) is 8.07 Å². The lowest BCUT2D eigenvalue weighted by molar-refractivity contribution is 0.252. The van der Waals surface area contributed by atoms with Gasteiger partial charge < -0.3 is 0 Å². The Hall–Kier alpha value is 0.217. The molecule has 0 amide bonds. The molecule has 2 unspecified atom stereocenters. The molecule has 13 heavy (non-hydrogen) atoms. The molecule has 1 heterocycles. The first kappa shape index (κ1) is 11.3. The minimum absolute atomic E-state index is 0.792. The van der Waals surface area contributed by atoms with Crippen LogP contribution in [0.3, 0.4) is 0 Å². The molecular formula is C12H26Si. The maximum atomic E-state index is 2.57. The molecule has 0 aromatic heterocycles. The molecule has 0 aromatic rings. The van der Waals surface area contributed by atoms with E-state index in [-0.39, 0.29) is 0 Å². The summed E-state index contributed by atoms with van der Waals surface area (Å²) in [5.74, 6) is 3.87. The lowest BCUT2D eigenvalue weighted by Gasteiger charge is -2.26. The van der Waals surface area contributed by atoms with Gasteiger partial charge in [0.2, 0.25) is 0 Å². The third-order valence-corrected chi connectivity index (χ3v) is 6.99. The highest BCUT2D eigenvalue weighted by Crippen LogP contribution is 2.46. The summed E-state index contributed by atoms with van der Waals surface area (Å²) in [6.07, 6.45) is 0. The summed E-state index contributed by atoms with van der Waals surface area (Å²) < 4.78 is 0. The zero-order chi connectivity index (χ0) is 10.2. The predicted octanol–water partition coefficient (Wildman–Crippen LogP) is 4.25. The maximum Gasteiger partial charge on any atom is 0.0479 e. The van der Waals surface area contributed by atoms with E-state index in [1.54, 1.807) is 12.1 Å². The molecule has 0 saturated carbocycles. The fraction of sp³-hybridized carbons (Fsp3) is 1.00. The van der Waals surface area contributed by atoms with Crippen molar-refractivity contribution in [1.29, 1.82) is 0 Å². The summed E-state index contributed by atoms with van der Waals surface area (Å²) in [6, 6.07) is 3.15. The Morgan fingerprint density at radius 2 is 1.15 bits per heavy atom. The van der Waals surface area contributed by atoms with E-state index >= 15 is 0 Å². The topological polar surface area (TPSA) is 0 Å². The molecule has 1 heteroatoms. The van der Waals surface area contributed by atoms with E-state index in [1.807, 2.05) is 0 Å². The summed E-state index contributed by atoms with van der Waals surface area (Å²) >= 11 is 0. The van der Waals surface area contributed by atoms with E-state index in [4.69, 9.17) is 0 Å². The third-order valence-electron chi connectivity index (χ3n) is 3.84. The van der Waals surface area contributed by atoms with Crippen LogP contribution in [0.2, 0.25) is 25.2 Å². The quantitative estimate of drug-likeness (QED) is 0.582. The Bertz CT molecular complexity index is 152. The van der Waals surface area contributed by atoms with Crippen molar-refractivity contribution >= 4 is 8.07 Å². The maximum absolute atomic E-state index is 2.57. The second-order valence-corrected chi connectivity index (χ2v) is 11.5. The minimum atomic E-state index is -0.792. The zero-order valence-electron chi connectivity index (χ0n) is 10.2. The van der Waals surface area contributed by atoms with Crippen LogP contribution in [0.1, 0.15) is 27.7 Å². The van der Waals surface area contributed by atoms with Gasteiger partial charge in [-0.15, -0.1) is 0 Å². The highest BCUT2D eigenvalue weighted by Gasteiger charge is 2.42. The van der Waals surface area contributed by atoms with Gasteiger partial charge in [-0.3, -0.25) is 0 Å². The van der Waals surface area contributed by atoms with E-state index in [2.05, 4.69) is 40.8 Å². The fourth-order valence-electron chi connectivity index (χ4n) is 3.12. The second-order valence-electron chi connectivity index (χ2n) is 6.39. The molecule has 0 aliphatic carbocycles. The molecule has 1 aliphatic heterocycles. The van der Waals surface area contributed by atoms with Gasteiger partial charge in [-0.05, 0) is 23.7 Å². The summed E-state index contributed by atoms with van der Waals surface area (Å²) in [7, 11) is -0.792. The zero-order valence-corrected chi connectivity index (χ0v) is 11.2. The predicted molar refractivity (Wildman–Crippen MR) is 63.8 cm³/mol. The van der Waals surface area contributed by atoms with Gasteiger partial charge in [0.25, 0.3) is 0 Å². The van der Waals surface area contributed by atoms with Crippen LogP contribution in [0.25, 0.3) is 0 Å². The van der Waals surface area contributed by atoms with Gasteiger partial charge in [-0.2, -0.15) is 0 Å². The Labute approximate surface area is 85.1 Å². The molecule has 1 aliphatic rings. The van der Waals surface area contributed by atoms with Gasteiger partial charge in [-0.1, -0.05) is 52.9 Å². The summed E-state index contributed by atoms with van der Waals surface area (Å²) in [6.45, 7) is 14.8. The van der Waals surface area contributed by atoms with Crippen LogP contribution < -0.4 is 0 Å². The minimum Gasteiger partial charge on any atom is -0.0693 e. The van der Waals surface area contributed by atoms with E-state index in [9.17, 15) is 0 Å². The average molecular weight is 198 g/mol. The fourth-order valence-corrected chi connectivity index (χ4v) is 7.39. The van der Waals surface area contributed by atoms with Crippen LogP contribution >= 0.6 is 0 Å². The number of hydrogen-bond donors (Lipinski definition) is 0. The van der Waals surface area contributed by atoms with Gasteiger partial charge in [0, 0.05) is 8.07 Å². The smallest absolute Gasteiger partial charge is 0.0479 e. The van der Waals surface area contributed by atoms with Crippen LogP contribution in [0.4, 0.5) is 0 Å². The van der Waals surface area contributed by atoms with Crippen LogP contribution in [-0.2, 0) is 0 Å². The van der Waals surface area contributed by atoms with Crippen molar-refractivity contribution in [3.63, 3.8) is 0 Å². The van der Waals surface area contributed by atoms with Crippen molar-refractivity contribution in [3.8, 4) is 0 Å². The van der Waals surface area contributed by atoms with Gasteiger partial charge in [0.05, 0.1) is 0 Å². The Morgan fingerprint density at radius 3 is 1.38 bits per heavy atom. The van der Waals surface area contributed by atoms with E-state index in [0.29, 0.717) is 0 Å². The van der Waals surface area contributed by atoms with E-state index < -0.39 is 8.07 Å². The molecule has 2 atom stereocenters. The standard InChI is InChI=1S/C12H26Si/c1-9(2)11-7-13(5,6)8-12(11)10(3)4/h9-12H,7-8H2,1-6H3. The molecule has 1 saturated heterocycles. The first-order chi connectivity index (χ1) is 5.83. The highest BCUT2D eigenvalue weighted by molar-refractivity contribution is 6.78. The van der Waals surface area contributed by atoms with Crippen molar-refractivity contribution in [2.45, 2.75) is 52.9 Å². The molecule has 1 fully saturated rings. The van der Waals surface area contributed by atoms with Gasteiger partial charge in [0.1, 0.15) is 0 Å². The molecule has 0 bridgehead atoms. The lowest BCUT2D eigenvalue weighted by Crippen LogP contribution is -2.20. The van der Waals surface area contributed by atoms with Crippen molar-refractivity contribution in [2.75, 3.05) is 0 Å². The van der Waals surface area contributed by atoms with Crippen LogP contribution in [0.15, 0.2) is 0 Å². The summed E-state index contributed by atoms with van der Waals surface area (Å²) in [5, 5.41) is 0. The van der Waals surface area contributed by atoms with Gasteiger partial charge in [-0.25, -0.2) is 0 Å². The molecule has 0 aromatic carbocycles. The summed E-state index contributed by atoms with van der Waals surface area (Å²) in [4.78, 5) is 0. The second kappa shape index (κ2) is 3.76. The van der Waals surface area contributed by atoms with Gasteiger partial charge in [0.15, 0.2) is 0 Å². The SMILES string of the molecule is CC(C)C1C[Si](C)(C)CC1C(C)C. The largest absolute Gasteiger partial charge is 0.0693 e. The molecule has 0 N–H and O–H groups in total. The van der Waals surface area contributed by atoms with Crippen molar-refractivity contribution in [3.05, 3.63) is 0 Å². The molecule has 78 valence electrons. The van der Waals surface area contributed by atoms with Crippen LogP contribution in [0, 0.1) is 23.7 Å². The van der Waals surface area contributed by atoms with Gasteiger partial charge >= 0.3 is 0 Å². The summed E-state index contributed by atoms with van der Waals surface area (Å²) in [5.41, 5.74) is 0. The average Bonchev–Trinajstić information content (AvgIpc) is 2.26. The Balaban J connectivity index is 2.71. The van der Waals surface area contributed by atoms with Crippen molar-refractivity contribution in [2.24, 2.45) is 23.7 Å². The highest BCUT2D eigenvalue weighted by atomic mass is 28.3. The first-order valence-corrected chi connectivity index (χ1v) is 9.25. The van der Waals surface area contributed by atoms with Crippen molar-refractivity contribution in [1.82, 2.24) is 0 Å². The Morgan fingerprint density at radius 1 is 0.846 bits per heavy atom. The van der Waals surface area contributed by atoms with E-state index in [0.717, 1.165) is 23.7 Å². The monoisotopic (exact) mass is 198 g/mol. The normalized spacial score (nSPS) is 33.2. The number of rotatable bonds is 2. The van der Waals surface area contributed by atoms with Crippen molar-refractivity contribution < 1.29 is 0 Å². The molecule has 0 spiro atoms. The molecular weight excluding hydrogens is 172 g/mol. The number of hydrogen-bond acceptors (Lipinski definition) is 0. The third kappa shape index (κ3) is 2.58. The molecule has 1 rings (SSSR count). The van der Waals surface area contributed by atoms with E-state index in [1.165, 1.54) is 0 Å². The first-order valence-electron chi connectivity index (χ1n) is 5.83.